The number of aromatic hydroxyl groups is 1. The Kier molecular flexibility index (Phi) is 6.32. The smallest absolute Gasteiger partial charge is 0.119 e. The Balaban J connectivity index is 3.37. The molecular formula is C21H37NO. The van der Waals surface area contributed by atoms with E-state index in [2.05, 4.69) is 73.4 Å². The predicted molar refractivity (Wildman–Crippen MR) is 101 cm³/mol. The molecule has 1 aromatic rings. The van der Waals surface area contributed by atoms with Gasteiger partial charge in [-0.3, -0.25) is 4.90 Å². The zero-order chi connectivity index (χ0) is 18.0. The first-order valence-electron chi connectivity index (χ1n) is 8.98. The van der Waals surface area contributed by atoms with Gasteiger partial charge >= 0.3 is 0 Å². The number of benzene rings is 1. The molecule has 0 bridgehead atoms. The average Bonchev–Trinajstić information content (AvgIpc) is 2.39. The second-order valence-corrected chi connectivity index (χ2v) is 8.91. The molecular weight excluding hydrogens is 282 g/mol. The molecule has 0 aliphatic heterocycles. The lowest BCUT2D eigenvalue weighted by molar-refractivity contribution is 0.220. The Labute approximate surface area is 143 Å². The highest BCUT2D eigenvalue weighted by Crippen LogP contribution is 2.37. The molecule has 2 heteroatoms. The third-order valence-electron chi connectivity index (χ3n) is 4.82. The maximum atomic E-state index is 10.5. The molecule has 0 heterocycles. The predicted octanol–water partition coefficient (Wildman–Crippen LogP) is 5.61. The second kappa shape index (κ2) is 7.25. The van der Waals surface area contributed by atoms with Crippen LogP contribution in [0.3, 0.4) is 0 Å². The molecule has 0 atom stereocenters. The summed E-state index contributed by atoms with van der Waals surface area (Å²) in [5.41, 5.74) is 3.61. The van der Waals surface area contributed by atoms with E-state index in [-0.39, 0.29) is 10.8 Å². The normalized spacial score (nSPS) is 13.2. The highest BCUT2D eigenvalue weighted by Gasteiger charge is 2.26. The van der Waals surface area contributed by atoms with Crippen LogP contribution in [0.15, 0.2) is 12.1 Å². The lowest BCUT2D eigenvalue weighted by Crippen LogP contribution is -2.31. The summed E-state index contributed by atoms with van der Waals surface area (Å²) in [6.07, 6.45) is 2.34. The Hall–Kier alpha value is -1.02. The number of phenols is 1. The van der Waals surface area contributed by atoms with E-state index in [1.165, 1.54) is 24.0 Å². The largest absolute Gasteiger partial charge is 0.508 e. The quantitative estimate of drug-likeness (QED) is 0.762. The summed E-state index contributed by atoms with van der Waals surface area (Å²) in [5, 5.41) is 10.5. The van der Waals surface area contributed by atoms with Crippen molar-refractivity contribution in [2.24, 2.45) is 0 Å². The van der Waals surface area contributed by atoms with Crippen LogP contribution in [-0.2, 0) is 17.4 Å². The monoisotopic (exact) mass is 319 g/mol. The highest BCUT2D eigenvalue weighted by molar-refractivity contribution is 5.47. The zero-order valence-corrected chi connectivity index (χ0v) is 16.7. The van der Waals surface area contributed by atoms with Crippen LogP contribution in [0.4, 0.5) is 0 Å². The number of phenolic OH excluding ortho intramolecular Hbond substituents is 1. The molecule has 23 heavy (non-hydrogen) atoms. The van der Waals surface area contributed by atoms with E-state index in [0.717, 1.165) is 12.1 Å². The molecule has 1 N–H and O–H groups in total. The van der Waals surface area contributed by atoms with Crippen molar-refractivity contribution in [2.45, 2.75) is 91.6 Å². The molecule has 0 radical (unpaired) electrons. The molecule has 0 aliphatic rings. The lowest BCUT2D eigenvalue weighted by Gasteiger charge is -2.32. The van der Waals surface area contributed by atoms with Crippen LogP contribution >= 0.6 is 0 Å². The van der Waals surface area contributed by atoms with Gasteiger partial charge in [0.1, 0.15) is 5.75 Å². The SMILES string of the molecule is CCC(CC)N(C)Cc1cc(C(C)(C)C)c(O)cc1C(C)(C)C. The molecule has 0 aromatic heterocycles. The van der Waals surface area contributed by atoms with Gasteiger partial charge in [-0.15, -0.1) is 0 Å². The second-order valence-electron chi connectivity index (χ2n) is 8.91. The topological polar surface area (TPSA) is 23.5 Å². The molecule has 0 unspecified atom stereocenters. The standard InChI is InChI=1S/C21H37NO/c1-10-16(11-2)22(9)14-15-12-18(21(6,7)8)19(23)13-17(15)20(3,4)5/h12-13,16,23H,10-11,14H2,1-9H3. The molecule has 0 amide bonds. The number of nitrogens with zero attached hydrogens (tertiary/aromatic N) is 1. The van der Waals surface area contributed by atoms with Crippen LogP contribution < -0.4 is 0 Å². The van der Waals surface area contributed by atoms with E-state index >= 15 is 0 Å². The van der Waals surface area contributed by atoms with Crippen molar-refractivity contribution in [3.8, 4) is 5.75 Å². The fraction of sp³-hybridized carbons (Fsp3) is 0.714. The minimum Gasteiger partial charge on any atom is -0.508 e. The van der Waals surface area contributed by atoms with Gasteiger partial charge in [0, 0.05) is 12.6 Å². The summed E-state index contributed by atoms with van der Waals surface area (Å²) in [5.74, 6) is 0.427. The van der Waals surface area contributed by atoms with E-state index < -0.39 is 0 Å². The van der Waals surface area contributed by atoms with Gasteiger partial charge in [0.15, 0.2) is 0 Å². The molecule has 0 fully saturated rings. The average molecular weight is 320 g/mol. The molecule has 1 rings (SSSR count). The molecule has 132 valence electrons. The van der Waals surface area contributed by atoms with Gasteiger partial charge in [0.25, 0.3) is 0 Å². The minimum atomic E-state index is -0.0528. The Morgan fingerprint density at radius 3 is 1.78 bits per heavy atom. The van der Waals surface area contributed by atoms with Crippen molar-refractivity contribution in [3.63, 3.8) is 0 Å². The number of hydrogen-bond acceptors (Lipinski definition) is 2. The highest BCUT2D eigenvalue weighted by atomic mass is 16.3. The van der Waals surface area contributed by atoms with Crippen LogP contribution in [0.2, 0.25) is 0 Å². The third-order valence-corrected chi connectivity index (χ3v) is 4.82. The summed E-state index contributed by atoms with van der Waals surface area (Å²) in [6.45, 7) is 18.6. The van der Waals surface area contributed by atoms with Gasteiger partial charge in [0.2, 0.25) is 0 Å². The summed E-state index contributed by atoms with van der Waals surface area (Å²) in [4.78, 5) is 2.45. The van der Waals surface area contributed by atoms with Gasteiger partial charge in [-0.05, 0) is 59.5 Å². The summed E-state index contributed by atoms with van der Waals surface area (Å²) >= 11 is 0. The molecule has 0 aliphatic carbocycles. The van der Waals surface area contributed by atoms with Crippen LogP contribution in [0.5, 0.6) is 5.75 Å². The Morgan fingerprint density at radius 2 is 1.39 bits per heavy atom. The zero-order valence-electron chi connectivity index (χ0n) is 16.7. The van der Waals surface area contributed by atoms with Crippen molar-refractivity contribution < 1.29 is 5.11 Å². The van der Waals surface area contributed by atoms with Gasteiger partial charge in [0.05, 0.1) is 0 Å². The van der Waals surface area contributed by atoms with Crippen molar-refractivity contribution in [1.29, 1.82) is 0 Å². The van der Waals surface area contributed by atoms with E-state index in [4.69, 9.17) is 0 Å². The summed E-state index contributed by atoms with van der Waals surface area (Å²) in [6, 6.07) is 4.83. The van der Waals surface area contributed by atoms with Crippen LogP contribution in [0.25, 0.3) is 0 Å². The number of rotatable bonds is 5. The van der Waals surface area contributed by atoms with Crippen LogP contribution in [0, 0.1) is 0 Å². The summed E-state index contributed by atoms with van der Waals surface area (Å²) in [7, 11) is 2.22. The van der Waals surface area contributed by atoms with Crippen molar-refractivity contribution in [3.05, 3.63) is 28.8 Å². The maximum Gasteiger partial charge on any atom is 0.119 e. The van der Waals surface area contributed by atoms with Gasteiger partial charge in [-0.2, -0.15) is 0 Å². The van der Waals surface area contributed by atoms with E-state index in [0.29, 0.717) is 11.8 Å². The fourth-order valence-electron chi connectivity index (χ4n) is 3.37. The van der Waals surface area contributed by atoms with E-state index in [9.17, 15) is 5.11 Å². The first-order chi connectivity index (χ1) is 10.4. The van der Waals surface area contributed by atoms with Gasteiger partial charge in [-0.25, -0.2) is 0 Å². The molecule has 0 saturated carbocycles. The Bertz CT molecular complexity index is 516. The fourth-order valence-corrected chi connectivity index (χ4v) is 3.37. The van der Waals surface area contributed by atoms with Crippen LogP contribution in [-0.4, -0.2) is 23.1 Å². The molecule has 2 nitrogen and oxygen atoms in total. The lowest BCUT2D eigenvalue weighted by atomic mass is 9.78. The minimum absolute atomic E-state index is 0.0258. The van der Waals surface area contributed by atoms with Crippen LogP contribution in [0.1, 0.15) is 84.9 Å². The molecule has 0 spiro atoms. The first kappa shape index (κ1) is 20.0. The van der Waals surface area contributed by atoms with Crippen molar-refractivity contribution in [2.75, 3.05) is 7.05 Å². The van der Waals surface area contributed by atoms with Gasteiger partial charge < -0.3 is 5.11 Å². The third kappa shape index (κ3) is 4.97. The van der Waals surface area contributed by atoms with Crippen molar-refractivity contribution >= 4 is 0 Å². The van der Waals surface area contributed by atoms with Gasteiger partial charge in [-0.1, -0.05) is 55.4 Å². The maximum absolute atomic E-state index is 10.5. The number of hydrogen-bond donors (Lipinski definition) is 1. The van der Waals surface area contributed by atoms with E-state index in [1.807, 2.05) is 6.07 Å². The Morgan fingerprint density at radius 1 is 0.913 bits per heavy atom. The molecule has 1 aromatic carbocycles. The molecule has 0 saturated heterocycles. The van der Waals surface area contributed by atoms with E-state index in [1.54, 1.807) is 0 Å². The summed E-state index contributed by atoms with van der Waals surface area (Å²) < 4.78 is 0. The van der Waals surface area contributed by atoms with Crippen molar-refractivity contribution in [1.82, 2.24) is 4.90 Å². The first-order valence-corrected chi connectivity index (χ1v) is 8.98.